The number of hydrogen-bond donors (Lipinski definition) is 1. The monoisotopic (exact) mass is 274 g/mol. The van der Waals surface area contributed by atoms with Crippen molar-refractivity contribution in [1.82, 2.24) is 4.98 Å². The maximum atomic E-state index is 13.1. The molecule has 0 bridgehead atoms. The van der Waals surface area contributed by atoms with Crippen molar-refractivity contribution < 1.29 is 9.13 Å². The van der Waals surface area contributed by atoms with E-state index in [1.54, 1.807) is 18.3 Å². The van der Waals surface area contributed by atoms with Crippen LogP contribution in [-0.4, -0.2) is 11.0 Å². The number of ether oxygens (including phenoxy) is 1. The van der Waals surface area contributed by atoms with E-state index in [0.717, 1.165) is 24.0 Å². The van der Waals surface area contributed by atoms with Gasteiger partial charge in [0.05, 0.1) is 0 Å². The standard InChI is InChI=1S/C16H19FN2O/c1-3-14(18)8-12-7-11(2)16(19-10-12)20-15-6-4-5-13(17)9-15/h4-7,9-10,14H,3,8,18H2,1-2H3. The average Bonchev–Trinajstić information content (AvgIpc) is 2.42. The number of aryl methyl sites for hydroxylation is 1. The predicted octanol–water partition coefficient (Wildman–Crippen LogP) is 3.60. The zero-order valence-electron chi connectivity index (χ0n) is 11.8. The Bertz CT molecular complexity index is 586. The van der Waals surface area contributed by atoms with Gasteiger partial charge in [-0.2, -0.15) is 0 Å². The van der Waals surface area contributed by atoms with Crippen LogP contribution in [0.2, 0.25) is 0 Å². The number of nitrogens with zero attached hydrogens (tertiary/aromatic N) is 1. The van der Waals surface area contributed by atoms with Gasteiger partial charge in [0.2, 0.25) is 5.88 Å². The van der Waals surface area contributed by atoms with E-state index in [1.807, 2.05) is 13.0 Å². The summed E-state index contributed by atoms with van der Waals surface area (Å²) in [5, 5.41) is 0. The van der Waals surface area contributed by atoms with E-state index >= 15 is 0 Å². The molecule has 0 saturated carbocycles. The molecule has 1 aromatic carbocycles. The zero-order chi connectivity index (χ0) is 14.5. The van der Waals surface area contributed by atoms with Gasteiger partial charge in [0.1, 0.15) is 11.6 Å². The van der Waals surface area contributed by atoms with E-state index in [0.29, 0.717) is 11.6 Å². The van der Waals surface area contributed by atoms with Crippen LogP contribution in [-0.2, 0) is 6.42 Å². The Balaban J connectivity index is 2.13. The van der Waals surface area contributed by atoms with Crippen LogP contribution in [0.15, 0.2) is 36.5 Å². The topological polar surface area (TPSA) is 48.1 Å². The van der Waals surface area contributed by atoms with Crippen LogP contribution in [0, 0.1) is 12.7 Å². The van der Waals surface area contributed by atoms with Crippen LogP contribution in [0.1, 0.15) is 24.5 Å². The van der Waals surface area contributed by atoms with Crippen molar-refractivity contribution in [3.8, 4) is 11.6 Å². The van der Waals surface area contributed by atoms with Gasteiger partial charge in [-0.1, -0.05) is 13.0 Å². The number of pyridine rings is 1. The molecule has 0 aliphatic carbocycles. The fourth-order valence-electron chi connectivity index (χ4n) is 1.93. The minimum Gasteiger partial charge on any atom is -0.439 e. The molecule has 2 N–H and O–H groups in total. The molecule has 0 aliphatic heterocycles. The summed E-state index contributed by atoms with van der Waals surface area (Å²) in [5.74, 6) is 0.605. The van der Waals surface area contributed by atoms with Gasteiger partial charge in [-0.3, -0.25) is 0 Å². The molecule has 0 radical (unpaired) electrons. The number of nitrogens with two attached hydrogens (primary N) is 1. The molecule has 1 aromatic heterocycles. The first-order valence-electron chi connectivity index (χ1n) is 6.73. The van der Waals surface area contributed by atoms with Gasteiger partial charge in [0.25, 0.3) is 0 Å². The van der Waals surface area contributed by atoms with Crippen molar-refractivity contribution in [2.45, 2.75) is 32.7 Å². The number of rotatable bonds is 5. The molecule has 106 valence electrons. The van der Waals surface area contributed by atoms with Crippen LogP contribution in [0.25, 0.3) is 0 Å². The third-order valence-corrected chi connectivity index (χ3v) is 3.12. The van der Waals surface area contributed by atoms with Gasteiger partial charge in [-0.25, -0.2) is 9.37 Å². The molecule has 0 spiro atoms. The first-order valence-corrected chi connectivity index (χ1v) is 6.73. The van der Waals surface area contributed by atoms with Crippen LogP contribution in [0.4, 0.5) is 4.39 Å². The van der Waals surface area contributed by atoms with Crippen molar-refractivity contribution in [1.29, 1.82) is 0 Å². The fourth-order valence-corrected chi connectivity index (χ4v) is 1.93. The molecule has 0 aliphatic rings. The summed E-state index contributed by atoms with van der Waals surface area (Å²) in [6.07, 6.45) is 3.49. The normalized spacial score (nSPS) is 12.2. The van der Waals surface area contributed by atoms with Gasteiger partial charge >= 0.3 is 0 Å². The first-order chi connectivity index (χ1) is 9.58. The van der Waals surface area contributed by atoms with Gasteiger partial charge in [-0.05, 0) is 43.5 Å². The smallest absolute Gasteiger partial charge is 0.222 e. The van der Waals surface area contributed by atoms with E-state index in [2.05, 4.69) is 11.9 Å². The minimum absolute atomic E-state index is 0.145. The molecular weight excluding hydrogens is 255 g/mol. The third kappa shape index (κ3) is 3.78. The molecule has 20 heavy (non-hydrogen) atoms. The molecule has 0 amide bonds. The lowest BCUT2D eigenvalue weighted by Crippen LogP contribution is -2.21. The Morgan fingerprint density at radius 2 is 2.15 bits per heavy atom. The second kappa shape index (κ2) is 6.48. The number of aromatic nitrogens is 1. The Morgan fingerprint density at radius 1 is 1.35 bits per heavy atom. The first kappa shape index (κ1) is 14.5. The molecule has 3 nitrogen and oxygen atoms in total. The lowest BCUT2D eigenvalue weighted by molar-refractivity contribution is 0.453. The maximum Gasteiger partial charge on any atom is 0.222 e. The van der Waals surface area contributed by atoms with Crippen LogP contribution < -0.4 is 10.5 Å². The van der Waals surface area contributed by atoms with Gasteiger partial charge in [0, 0.05) is 23.9 Å². The summed E-state index contributed by atoms with van der Waals surface area (Å²) in [7, 11) is 0. The lowest BCUT2D eigenvalue weighted by atomic mass is 10.1. The number of benzene rings is 1. The molecule has 1 unspecified atom stereocenters. The fraction of sp³-hybridized carbons (Fsp3) is 0.312. The van der Waals surface area contributed by atoms with E-state index < -0.39 is 0 Å². The van der Waals surface area contributed by atoms with Crippen molar-refractivity contribution >= 4 is 0 Å². The zero-order valence-corrected chi connectivity index (χ0v) is 11.8. The highest BCUT2D eigenvalue weighted by Gasteiger charge is 2.07. The van der Waals surface area contributed by atoms with E-state index in [1.165, 1.54) is 12.1 Å². The predicted molar refractivity (Wildman–Crippen MR) is 77.4 cm³/mol. The summed E-state index contributed by atoms with van der Waals surface area (Å²) in [6.45, 7) is 3.98. The third-order valence-electron chi connectivity index (χ3n) is 3.12. The van der Waals surface area contributed by atoms with Crippen molar-refractivity contribution in [3.05, 3.63) is 53.5 Å². The maximum absolute atomic E-state index is 13.1. The van der Waals surface area contributed by atoms with E-state index in [-0.39, 0.29) is 11.9 Å². The highest BCUT2D eigenvalue weighted by atomic mass is 19.1. The molecule has 2 aromatic rings. The molecule has 1 heterocycles. The molecule has 4 heteroatoms. The SMILES string of the molecule is CCC(N)Cc1cnc(Oc2cccc(F)c2)c(C)c1. The Kier molecular flexibility index (Phi) is 4.69. The average molecular weight is 274 g/mol. The second-order valence-electron chi connectivity index (χ2n) is 4.90. The second-order valence-corrected chi connectivity index (χ2v) is 4.90. The van der Waals surface area contributed by atoms with Crippen molar-refractivity contribution in [2.24, 2.45) is 5.73 Å². The summed E-state index contributed by atoms with van der Waals surface area (Å²) in [6, 6.07) is 8.17. The Labute approximate surface area is 118 Å². The Hall–Kier alpha value is -1.94. The quantitative estimate of drug-likeness (QED) is 0.906. The van der Waals surface area contributed by atoms with Crippen molar-refractivity contribution in [2.75, 3.05) is 0 Å². The largest absolute Gasteiger partial charge is 0.439 e. The summed E-state index contributed by atoms with van der Waals surface area (Å²) >= 11 is 0. The van der Waals surface area contributed by atoms with E-state index in [4.69, 9.17) is 10.5 Å². The van der Waals surface area contributed by atoms with Crippen LogP contribution in [0.3, 0.4) is 0 Å². The molecule has 1 atom stereocenters. The van der Waals surface area contributed by atoms with Gasteiger partial charge < -0.3 is 10.5 Å². The lowest BCUT2D eigenvalue weighted by Gasteiger charge is -2.11. The molecule has 0 fully saturated rings. The minimum atomic E-state index is -0.328. The van der Waals surface area contributed by atoms with Crippen LogP contribution >= 0.6 is 0 Å². The van der Waals surface area contributed by atoms with Gasteiger partial charge in [0.15, 0.2) is 0 Å². The van der Waals surface area contributed by atoms with Crippen LogP contribution in [0.5, 0.6) is 11.6 Å². The highest BCUT2D eigenvalue weighted by Crippen LogP contribution is 2.24. The Morgan fingerprint density at radius 3 is 2.80 bits per heavy atom. The highest BCUT2D eigenvalue weighted by molar-refractivity contribution is 5.34. The van der Waals surface area contributed by atoms with E-state index in [9.17, 15) is 4.39 Å². The summed E-state index contributed by atoms with van der Waals surface area (Å²) in [4.78, 5) is 4.29. The van der Waals surface area contributed by atoms with Crippen molar-refractivity contribution in [3.63, 3.8) is 0 Å². The summed E-state index contributed by atoms with van der Waals surface area (Å²) in [5.41, 5.74) is 7.93. The molecule has 2 rings (SSSR count). The summed E-state index contributed by atoms with van der Waals surface area (Å²) < 4.78 is 18.7. The number of hydrogen-bond acceptors (Lipinski definition) is 3. The molecule has 0 saturated heterocycles. The number of halogens is 1. The molecular formula is C16H19FN2O. The van der Waals surface area contributed by atoms with Gasteiger partial charge in [-0.15, -0.1) is 0 Å².